The fourth-order valence-electron chi connectivity index (χ4n) is 1.64. The van der Waals surface area contributed by atoms with Gasteiger partial charge in [0.25, 0.3) is 0 Å². The SMILES string of the molecule is C=C(C)CN(CC)CCC[Si](C)(OC)OC. The zero-order chi connectivity index (χ0) is 12.6. The molecule has 0 aromatic heterocycles. The van der Waals surface area contributed by atoms with Crippen LogP contribution in [0.15, 0.2) is 12.2 Å². The van der Waals surface area contributed by atoms with Crippen LogP contribution < -0.4 is 0 Å². The molecule has 0 unspecified atom stereocenters. The van der Waals surface area contributed by atoms with E-state index in [0.717, 1.165) is 32.1 Å². The van der Waals surface area contributed by atoms with Crippen molar-refractivity contribution in [1.29, 1.82) is 0 Å². The molecule has 0 aliphatic heterocycles. The predicted molar refractivity (Wildman–Crippen MR) is 72.0 cm³/mol. The largest absolute Gasteiger partial charge is 0.398 e. The van der Waals surface area contributed by atoms with Crippen molar-refractivity contribution in [2.45, 2.75) is 32.9 Å². The van der Waals surface area contributed by atoms with Gasteiger partial charge in [-0.2, -0.15) is 0 Å². The minimum atomic E-state index is -1.87. The summed E-state index contributed by atoms with van der Waals surface area (Å²) in [4.78, 5) is 2.41. The van der Waals surface area contributed by atoms with E-state index in [0.29, 0.717) is 0 Å². The smallest absolute Gasteiger partial charge is 0.334 e. The quantitative estimate of drug-likeness (QED) is 0.460. The van der Waals surface area contributed by atoms with Gasteiger partial charge < -0.3 is 8.85 Å². The summed E-state index contributed by atoms with van der Waals surface area (Å²) in [6.07, 6.45) is 1.13. The van der Waals surface area contributed by atoms with Crippen molar-refractivity contribution >= 4 is 8.56 Å². The summed E-state index contributed by atoms with van der Waals surface area (Å²) < 4.78 is 10.9. The molecule has 0 aliphatic carbocycles. The second kappa shape index (κ2) is 8.01. The summed E-state index contributed by atoms with van der Waals surface area (Å²) in [7, 11) is 1.64. The molecular weight excluding hydrogens is 218 g/mol. The van der Waals surface area contributed by atoms with Gasteiger partial charge in [-0.1, -0.05) is 19.1 Å². The number of nitrogens with zero attached hydrogens (tertiary/aromatic N) is 1. The molecule has 0 aromatic rings. The van der Waals surface area contributed by atoms with Crippen molar-refractivity contribution in [2.24, 2.45) is 0 Å². The van der Waals surface area contributed by atoms with Crippen LogP contribution in [0, 0.1) is 0 Å². The van der Waals surface area contributed by atoms with E-state index in [1.807, 2.05) is 0 Å². The van der Waals surface area contributed by atoms with Crippen molar-refractivity contribution in [1.82, 2.24) is 4.90 Å². The van der Waals surface area contributed by atoms with Gasteiger partial charge >= 0.3 is 8.56 Å². The molecule has 0 aromatic carbocycles. The lowest BCUT2D eigenvalue weighted by atomic mass is 10.3. The van der Waals surface area contributed by atoms with Gasteiger partial charge in [-0.3, -0.25) is 4.90 Å². The highest BCUT2D eigenvalue weighted by Crippen LogP contribution is 2.14. The molecule has 16 heavy (non-hydrogen) atoms. The van der Waals surface area contributed by atoms with Crippen LogP contribution >= 0.6 is 0 Å². The lowest BCUT2D eigenvalue weighted by molar-refractivity contribution is 0.243. The van der Waals surface area contributed by atoms with Crippen molar-refractivity contribution < 1.29 is 8.85 Å². The standard InChI is InChI=1S/C12H27NO2Si/c1-7-13(11-12(2)3)9-8-10-16(6,14-4)15-5/h2,7-11H2,1,3-6H3. The average molecular weight is 245 g/mol. The van der Waals surface area contributed by atoms with E-state index in [9.17, 15) is 0 Å². The molecule has 4 heteroatoms. The fourth-order valence-corrected chi connectivity index (χ4v) is 3.02. The summed E-state index contributed by atoms with van der Waals surface area (Å²) >= 11 is 0. The Labute approximate surface area is 102 Å². The first-order chi connectivity index (χ1) is 7.47. The molecule has 0 heterocycles. The van der Waals surface area contributed by atoms with E-state index >= 15 is 0 Å². The Hall–Kier alpha value is -0.163. The number of likely N-dealkylation sites (N-methyl/N-ethyl adjacent to an activating group) is 1. The summed E-state index contributed by atoms with van der Waals surface area (Å²) in [6, 6.07) is 1.05. The van der Waals surface area contributed by atoms with Crippen molar-refractivity contribution in [3.8, 4) is 0 Å². The zero-order valence-electron chi connectivity index (χ0n) is 11.5. The Bertz CT molecular complexity index is 205. The topological polar surface area (TPSA) is 21.7 Å². The second-order valence-electron chi connectivity index (χ2n) is 4.47. The van der Waals surface area contributed by atoms with E-state index in [-0.39, 0.29) is 0 Å². The molecule has 0 radical (unpaired) electrons. The zero-order valence-corrected chi connectivity index (χ0v) is 12.5. The third-order valence-electron chi connectivity index (χ3n) is 2.91. The van der Waals surface area contributed by atoms with Gasteiger partial charge in [0, 0.05) is 20.8 Å². The van der Waals surface area contributed by atoms with Crippen molar-refractivity contribution in [2.75, 3.05) is 33.9 Å². The lowest BCUT2D eigenvalue weighted by Gasteiger charge is -2.25. The van der Waals surface area contributed by atoms with Crippen LogP contribution in [0.1, 0.15) is 20.3 Å². The van der Waals surface area contributed by atoms with Crippen LogP contribution in [-0.4, -0.2) is 47.3 Å². The Morgan fingerprint density at radius 3 is 2.25 bits per heavy atom. The summed E-state index contributed by atoms with van der Waals surface area (Å²) in [5.74, 6) is 0. The maximum Gasteiger partial charge on any atom is 0.334 e. The van der Waals surface area contributed by atoms with Crippen LogP contribution in [0.2, 0.25) is 12.6 Å². The Balaban J connectivity index is 3.89. The summed E-state index contributed by atoms with van der Waals surface area (Å²) in [5, 5.41) is 0. The third-order valence-corrected chi connectivity index (χ3v) is 5.90. The van der Waals surface area contributed by atoms with Gasteiger partial charge in [-0.05, 0) is 39.0 Å². The van der Waals surface area contributed by atoms with Gasteiger partial charge in [-0.25, -0.2) is 0 Å². The molecule has 0 saturated heterocycles. The first-order valence-corrected chi connectivity index (χ1v) is 8.46. The van der Waals surface area contributed by atoms with Crippen molar-refractivity contribution in [3.63, 3.8) is 0 Å². The second-order valence-corrected chi connectivity index (χ2v) is 8.06. The molecule has 0 atom stereocenters. The van der Waals surface area contributed by atoms with E-state index in [2.05, 4.69) is 31.9 Å². The highest BCUT2D eigenvalue weighted by atomic mass is 28.4. The van der Waals surface area contributed by atoms with Crippen LogP contribution in [0.5, 0.6) is 0 Å². The summed E-state index contributed by atoms with van der Waals surface area (Å²) in [6.45, 7) is 13.5. The molecule has 96 valence electrons. The molecule has 0 N–H and O–H groups in total. The molecule has 0 saturated carbocycles. The molecule has 0 aliphatic rings. The Morgan fingerprint density at radius 2 is 1.88 bits per heavy atom. The minimum Gasteiger partial charge on any atom is -0.398 e. The minimum absolute atomic E-state index is 0.995. The molecule has 0 fully saturated rings. The third kappa shape index (κ3) is 6.43. The molecule has 0 amide bonds. The maximum atomic E-state index is 5.46. The van der Waals surface area contributed by atoms with Crippen molar-refractivity contribution in [3.05, 3.63) is 12.2 Å². The normalized spacial score (nSPS) is 12.1. The number of hydrogen-bond acceptors (Lipinski definition) is 3. The average Bonchev–Trinajstić information content (AvgIpc) is 2.26. The van der Waals surface area contributed by atoms with E-state index < -0.39 is 8.56 Å². The van der Waals surface area contributed by atoms with Gasteiger partial charge in [0.1, 0.15) is 0 Å². The van der Waals surface area contributed by atoms with Crippen LogP contribution in [0.4, 0.5) is 0 Å². The highest BCUT2D eigenvalue weighted by molar-refractivity contribution is 6.65. The van der Waals surface area contributed by atoms with Crippen LogP contribution in [-0.2, 0) is 8.85 Å². The molecular formula is C12H27NO2Si. The highest BCUT2D eigenvalue weighted by Gasteiger charge is 2.27. The molecule has 0 rings (SSSR count). The van der Waals surface area contributed by atoms with Gasteiger partial charge in [0.2, 0.25) is 0 Å². The summed E-state index contributed by atoms with van der Waals surface area (Å²) in [5.41, 5.74) is 1.22. The predicted octanol–water partition coefficient (Wildman–Crippen LogP) is 2.64. The molecule has 0 bridgehead atoms. The van der Waals surface area contributed by atoms with Gasteiger partial charge in [0.05, 0.1) is 0 Å². The monoisotopic (exact) mass is 245 g/mol. The Morgan fingerprint density at radius 1 is 1.31 bits per heavy atom. The number of rotatable bonds is 9. The molecule has 3 nitrogen and oxygen atoms in total. The van der Waals surface area contributed by atoms with Gasteiger partial charge in [-0.15, -0.1) is 0 Å². The van der Waals surface area contributed by atoms with Gasteiger partial charge in [0.15, 0.2) is 0 Å². The Kier molecular flexibility index (Phi) is 7.92. The first-order valence-electron chi connectivity index (χ1n) is 5.94. The lowest BCUT2D eigenvalue weighted by Crippen LogP contribution is -2.37. The molecule has 0 spiro atoms. The fraction of sp³-hybridized carbons (Fsp3) is 0.833. The van der Waals surface area contributed by atoms with Crippen LogP contribution in [0.3, 0.4) is 0 Å². The van der Waals surface area contributed by atoms with E-state index in [1.165, 1.54) is 5.57 Å². The number of hydrogen-bond donors (Lipinski definition) is 0. The first kappa shape index (κ1) is 15.8. The van der Waals surface area contributed by atoms with E-state index in [1.54, 1.807) is 14.2 Å². The van der Waals surface area contributed by atoms with Crippen LogP contribution in [0.25, 0.3) is 0 Å². The van der Waals surface area contributed by atoms with E-state index in [4.69, 9.17) is 8.85 Å². The maximum absolute atomic E-state index is 5.46.